The SMILES string of the molecule is c1csc([C@@H](N[C@H]2CCCc3occc32)C2CC2)n1. The molecule has 2 heterocycles. The van der Waals surface area contributed by atoms with Crippen molar-refractivity contribution >= 4 is 11.3 Å². The first-order valence-corrected chi connectivity index (χ1v) is 8.01. The van der Waals surface area contributed by atoms with Crippen molar-refractivity contribution in [2.75, 3.05) is 0 Å². The number of aryl methyl sites for hydroxylation is 1. The fourth-order valence-corrected chi connectivity index (χ4v) is 3.89. The molecular formula is C15H18N2OS. The number of nitrogens with one attached hydrogen (secondary N) is 1. The third-order valence-electron chi connectivity index (χ3n) is 4.24. The fourth-order valence-electron chi connectivity index (χ4n) is 3.10. The minimum absolute atomic E-state index is 0.436. The van der Waals surface area contributed by atoms with Gasteiger partial charge in [0.15, 0.2) is 0 Å². The summed E-state index contributed by atoms with van der Waals surface area (Å²) in [6.45, 7) is 0. The number of rotatable bonds is 4. The maximum atomic E-state index is 5.58. The summed E-state index contributed by atoms with van der Waals surface area (Å²) < 4.78 is 5.58. The number of thiazole rings is 1. The topological polar surface area (TPSA) is 38.1 Å². The molecule has 3 nitrogen and oxygen atoms in total. The monoisotopic (exact) mass is 274 g/mol. The Balaban J connectivity index is 1.57. The van der Waals surface area contributed by atoms with E-state index in [4.69, 9.17) is 4.42 Å². The first-order valence-electron chi connectivity index (χ1n) is 7.13. The second-order valence-corrected chi connectivity index (χ2v) is 6.52. The van der Waals surface area contributed by atoms with E-state index in [1.165, 1.54) is 42.0 Å². The van der Waals surface area contributed by atoms with E-state index in [-0.39, 0.29) is 0 Å². The van der Waals surface area contributed by atoms with Crippen LogP contribution in [0, 0.1) is 5.92 Å². The lowest BCUT2D eigenvalue weighted by atomic mass is 9.92. The zero-order valence-electron chi connectivity index (χ0n) is 10.8. The van der Waals surface area contributed by atoms with Crippen LogP contribution in [0.25, 0.3) is 0 Å². The second-order valence-electron chi connectivity index (χ2n) is 5.60. The lowest BCUT2D eigenvalue weighted by molar-refractivity contribution is 0.356. The third-order valence-corrected chi connectivity index (χ3v) is 5.10. The summed E-state index contributed by atoms with van der Waals surface area (Å²) in [5, 5.41) is 7.18. The van der Waals surface area contributed by atoms with Gasteiger partial charge in [-0.2, -0.15) is 0 Å². The minimum atomic E-state index is 0.436. The summed E-state index contributed by atoms with van der Waals surface area (Å²) in [5.41, 5.74) is 1.37. The Bertz CT molecular complexity index is 544. The number of hydrogen-bond acceptors (Lipinski definition) is 4. The van der Waals surface area contributed by atoms with Crippen molar-refractivity contribution in [2.24, 2.45) is 5.92 Å². The van der Waals surface area contributed by atoms with Gasteiger partial charge in [0, 0.05) is 29.6 Å². The molecule has 2 atom stereocenters. The minimum Gasteiger partial charge on any atom is -0.469 e. The van der Waals surface area contributed by atoms with Gasteiger partial charge in [-0.3, -0.25) is 0 Å². The highest BCUT2D eigenvalue weighted by Gasteiger charge is 2.36. The average Bonchev–Trinajstić information content (AvgIpc) is 2.94. The standard InChI is InChI=1S/C15H18N2OS/c1-2-12(11-6-8-18-13(11)3-1)17-14(10-4-5-10)15-16-7-9-19-15/h6-10,12,14,17H,1-5H2/t12-,14-/m0/s1. The van der Waals surface area contributed by atoms with Crippen molar-refractivity contribution in [3.05, 3.63) is 40.2 Å². The molecule has 4 rings (SSSR count). The zero-order chi connectivity index (χ0) is 12.7. The van der Waals surface area contributed by atoms with Gasteiger partial charge in [-0.05, 0) is 37.7 Å². The van der Waals surface area contributed by atoms with Crippen molar-refractivity contribution < 1.29 is 4.42 Å². The Morgan fingerprint density at radius 3 is 3.11 bits per heavy atom. The highest BCUT2D eigenvalue weighted by Crippen LogP contribution is 2.44. The lowest BCUT2D eigenvalue weighted by Gasteiger charge is -2.27. The van der Waals surface area contributed by atoms with Gasteiger partial charge in [-0.15, -0.1) is 11.3 Å². The number of hydrogen-bond donors (Lipinski definition) is 1. The smallest absolute Gasteiger partial charge is 0.110 e. The lowest BCUT2D eigenvalue weighted by Crippen LogP contribution is -2.29. The molecule has 1 N–H and O–H groups in total. The molecule has 0 amide bonds. The quantitative estimate of drug-likeness (QED) is 0.920. The van der Waals surface area contributed by atoms with Crippen LogP contribution >= 0.6 is 11.3 Å². The average molecular weight is 274 g/mol. The molecule has 0 aromatic carbocycles. The molecule has 0 radical (unpaired) electrons. The van der Waals surface area contributed by atoms with Crippen molar-refractivity contribution in [3.63, 3.8) is 0 Å². The molecular weight excluding hydrogens is 256 g/mol. The van der Waals surface area contributed by atoms with Crippen molar-refractivity contribution in [3.8, 4) is 0 Å². The molecule has 1 fully saturated rings. The molecule has 0 unspecified atom stereocenters. The van der Waals surface area contributed by atoms with Gasteiger partial charge in [0.05, 0.1) is 12.3 Å². The summed E-state index contributed by atoms with van der Waals surface area (Å²) >= 11 is 1.77. The van der Waals surface area contributed by atoms with E-state index in [0.29, 0.717) is 12.1 Å². The van der Waals surface area contributed by atoms with Gasteiger partial charge in [-0.1, -0.05) is 0 Å². The van der Waals surface area contributed by atoms with Crippen molar-refractivity contribution in [1.82, 2.24) is 10.3 Å². The largest absolute Gasteiger partial charge is 0.469 e. The Labute approximate surface area is 117 Å². The molecule has 19 heavy (non-hydrogen) atoms. The van der Waals surface area contributed by atoms with Crippen LogP contribution in [-0.2, 0) is 6.42 Å². The normalized spacial score (nSPS) is 24.1. The summed E-state index contributed by atoms with van der Waals surface area (Å²) in [7, 11) is 0. The zero-order valence-corrected chi connectivity index (χ0v) is 11.7. The Morgan fingerprint density at radius 1 is 1.37 bits per heavy atom. The van der Waals surface area contributed by atoms with E-state index in [0.717, 1.165) is 12.3 Å². The van der Waals surface area contributed by atoms with E-state index in [1.54, 1.807) is 11.3 Å². The predicted octanol–water partition coefficient (Wildman–Crippen LogP) is 3.85. The van der Waals surface area contributed by atoms with E-state index in [1.807, 2.05) is 12.5 Å². The van der Waals surface area contributed by atoms with E-state index >= 15 is 0 Å². The summed E-state index contributed by atoms with van der Waals surface area (Å²) in [6.07, 6.45) is 9.94. The van der Waals surface area contributed by atoms with E-state index < -0.39 is 0 Å². The van der Waals surface area contributed by atoms with Gasteiger partial charge in [-0.25, -0.2) is 4.98 Å². The molecule has 0 bridgehead atoms. The van der Waals surface area contributed by atoms with Gasteiger partial charge in [0.1, 0.15) is 10.8 Å². The van der Waals surface area contributed by atoms with Gasteiger partial charge >= 0.3 is 0 Å². The van der Waals surface area contributed by atoms with Crippen LogP contribution in [0.5, 0.6) is 0 Å². The Morgan fingerprint density at radius 2 is 2.32 bits per heavy atom. The van der Waals surface area contributed by atoms with E-state index in [2.05, 4.69) is 21.7 Å². The van der Waals surface area contributed by atoms with Crippen molar-refractivity contribution in [2.45, 2.75) is 44.2 Å². The number of furan rings is 1. The summed E-state index contributed by atoms with van der Waals surface area (Å²) in [4.78, 5) is 4.52. The molecule has 4 heteroatoms. The number of nitrogens with zero attached hydrogens (tertiary/aromatic N) is 1. The molecule has 100 valence electrons. The van der Waals surface area contributed by atoms with Crippen LogP contribution in [0.2, 0.25) is 0 Å². The van der Waals surface area contributed by atoms with Crippen LogP contribution in [0.4, 0.5) is 0 Å². The van der Waals surface area contributed by atoms with Crippen LogP contribution in [0.15, 0.2) is 28.3 Å². The van der Waals surface area contributed by atoms with Crippen LogP contribution < -0.4 is 5.32 Å². The van der Waals surface area contributed by atoms with Gasteiger partial charge in [0.2, 0.25) is 0 Å². The molecule has 0 aliphatic heterocycles. The maximum absolute atomic E-state index is 5.58. The number of aromatic nitrogens is 1. The molecule has 2 aliphatic rings. The molecule has 2 aromatic rings. The van der Waals surface area contributed by atoms with Crippen LogP contribution in [0.3, 0.4) is 0 Å². The van der Waals surface area contributed by atoms with Gasteiger partial charge < -0.3 is 9.73 Å². The van der Waals surface area contributed by atoms with Crippen LogP contribution in [0.1, 0.15) is 54.1 Å². The first-order chi connectivity index (χ1) is 9.42. The predicted molar refractivity (Wildman–Crippen MR) is 75.1 cm³/mol. The Hall–Kier alpha value is -1.13. The van der Waals surface area contributed by atoms with Crippen LogP contribution in [-0.4, -0.2) is 4.98 Å². The molecule has 0 spiro atoms. The molecule has 1 saturated carbocycles. The fraction of sp³-hybridized carbons (Fsp3) is 0.533. The highest BCUT2D eigenvalue weighted by atomic mass is 32.1. The maximum Gasteiger partial charge on any atom is 0.110 e. The summed E-state index contributed by atoms with van der Waals surface area (Å²) in [6, 6.07) is 3.01. The van der Waals surface area contributed by atoms with Gasteiger partial charge in [0.25, 0.3) is 0 Å². The first kappa shape index (κ1) is 11.7. The molecule has 2 aliphatic carbocycles. The summed E-state index contributed by atoms with van der Waals surface area (Å²) in [5.74, 6) is 1.96. The van der Waals surface area contributed by atoms with E-state index in [9.17, 15) is 0 Å². The Kier molecular flexibility index (Phi) is 2.93. The van der Waals surface area contributed by atoms with Crippen molar-refractivity contribution in [1.29, 1.82) is 0 Å². The molecule has 2 aromatic heterocycles. The second kappa shape index (κ2) is 4.76. The number of fused-ring (bicyclic) bond motifs is 1. The molecule has 0 saturated heterocycles. The third kappa shape index (κ3) is 2.23. The highest BCUT2D eigenvalue weighted by molar-refractivity contribution is 7.09.